The Kier molecular flexibility index (Phi) is 7.23. The van der Waals surface area contributed by atoms with E-state index in [4.69, 9.17) is 4.74 Å². The standard InChI is InChI=1S/C24H25F3N4O4/c25-24(26,27)16-5-8-20(28-13-16)31-11-9-15(10-12-31)23(34)35-14-21(32)30-19-4-2-1-3-18(19)22(33)29-17-6-7-17/h1-5,8,13,15,17H,6-7,9-12,14H2,(H,29,33)(H,30,32). The fourth-order valence-electron chi connectivity index (χ4n) is 3.81. The Morgan fingerprint density at radius 3 is 2.37 bits per heavy atom. The van der Waals surface area contributed by atoms with Crippen LogP contribution in [-0.2, 0) is 20.5 Å². The topological polar surface area (TPSA) is 101 Å². The van der Waals surface area contributed by atoms with Crippen LogP contribution in [0.2, 0.25) is 0 Å². The van der Waals surface area contributed by atoms with Crippen LogP contribution in [0.3, 0.4) is 0 Å². The zero-order valence-electron chi connectivity index (χ0n) is 18.8. The molecule has 0 bridgehead atoms. The molecule has 2 N–H and O–H groups in total. The van der Waals surface area contributed by atoms with Gasteiger partial charge in [-0.05, 0) is 49.9 Å². The summed E-state index contributed by atoms with van der Waals surface area (Å²) < 4.78 is 43.3. The highest BCUT2D eigenvalue weighted by Gasteiger charge is 2.32. The van der Waals surface area contributed by atoms with E-state index in [1.54, 1.807) is 29.2 Å². The van der Waals surface area contributed by atoms with Crippen molar-refractivity contribution in [2.45, 2.75) is 37.9 Å². The Hall–Kier alpha value is -3.63. The average Bonchev–Trinajstić information content (AvgIpc) is 3.66. The summed E-state index contributed by atoms with van der Waals surface area (Å²) in [6, 6.07) is 9.07. The van der Waals surface area contributed by atoms with Gasteiger partial charge >= 0.3 is 12.1 Å². The van der Waals surface area contributed by atoms with E-state index in [0.717, 1.165) is 25.1 Å². The van der Waals surface area contributed by atoms with E-state index in [-0.39, 0.29) is 11.9 Å². The molecule has 1 aliphatic heterocycles. The molecule has 0 unspecified atom stereocenters. The van der Waals surface area contributed by atoms with Crippen LogP contribution in [0.15, 0.2) is 42.6 Å². The van der Waals surface area contributed by atoms with Gasteiger partial charge in [0.05, 0.1) is 22.7 Å². The normalized spacial score (nSPS) is 16.5. The molecule has 1 saturated carbocycles. The number of para-hydroxylation sites is 1. The first-order valence-electron chi connectivity index (χ1n) is 11.4. The number of halogens is 3. The Morgan fingerprint density at radius 2 is 1.74 bits per heavy atom. The number of esters is 1. The second-order valence-electron chi connectivity index (χ2n) is 8.61. The second-order valence-corrected chi connectivity index (χ2v) is 8.61. The van der Waals surface area contributed by atoms with Gasteiger partial charge in [0.2, 0.25) is 0 Å². The fraction of sp³-hybridized carbons (Fsp3) is 0.417. The van der Waals surface area contributed by atoms with Crippen molar-refractivity contribution in [2.75, 3.05) is 29.9 Å². The number of anilines is 2. The number of pyridine rings is 1. The molecule has 1 aromatic carbocycles. The molecule has 2 aliphatic rings. The van der Waals surface area contributed by atoms with Crippen molar-refractivity contribution in [3.63, 3.8) is 0 Å². The zero-order valence-corrected chi connectivity index (χ0v) is 18.8. The second kappa shape index (κ2) is 10.3. The summed E-state index contributed by atoms with van der Waals surface area (Å²) >= 11 is 0. The van der Waals surface area contributed by atoms with Crippen LogP contribution in [0, 0.1) is 5.92 Å². The van der Waals surface area contributed by atoms with Gasteiger partial charge in [-0.25, -0.2) is 4.98 Å². The molecule has 0 atom stereocenters. The van der Waals surface area contributed by atoms with Gasteiger partial charge < -0.3 is 20.3 Å². The van der Waals surface area contributed by atoms with E-state index >= 15 is 0 Å². The summed E-state index contributed by atoms with van der Waals surface area (Å²) in [7, 11) is 0. The summed E-state index contributed by atoms with van der Waals surface area (Å²) in [5.41, 5.74) is -0.142. The number of hydrogen-bond acceptors (Lipinski definition) is 6. The summed E-state index contributed by atoms with van der Waals surface area (Å²) in [5, 5.41) is 5.48. The van der Waals surface area contributed by atoms with Crippen molar-refractivity contribution in [3.05, 3.63) is 53.7 Å². The lowest BCUT2D eigenvalue weighted by Gasteiger charge is -2.31. The molecule has 1 saturated heterocycles. The molecular formula is C24H25F3N4O4. The summed E-state index contributed by atoms with van der Waals surface area (Å²) in [4.78, 5) is 42.8. The van der Waals surface area contributed by atoms with Gasteiger partial charge in [0, 0.05) is 25.3 Å². The van der Waals surface area contributed by atoms with Crippen LogP contribution in [0.4, 0.5) is 24.7 Å². The largest absolute Gasteiger partial charge is 0.455 e. The first-order valence-corrected chi connectivity index (χ1v) is 11.4. The van der Waals surface area contributed by atoms with Crippen molar-refractivity contribution < 1.29 is 32.3 Å². The molecule has 0 spiro atoms. The van der Waals surface area contributed by atoms with Crippen LogP contribution in [0.5, 0.6) is 0 Å². The third-order valence-electron chi connectivity index (χ3n) is 5.93. The smallest absolute Gasteiger partial charge is 0.417 e. The first-order chi connectivity index (χ1) is 16.7. The number of carbonyl (C=O) groups excluding carboxylic acids is 3. The molecule has 2 amide bonds. The number of carbonyl (C=O) groups is 3. The third-order valence-corrected chi connectivity index (χ3v) is 5.93. The SMILES string of the molecule is O=C(COC(=O)C1CCN(c2ccc(C(F)(F)F)cn2)CC1)Nc1ccccc1C(=O)NC1CC1. The van der Waals surface area contributed by atoms with Gasteiger partial charge in [-0.1, -0.05) is 12.1 Å². The van der Waals surface area contributed by atoms with Crippen molar-refractivity contribution in [1.29, 1.82) is 0 Å². The number of rotatable bonds is 7. The minimum atomic E-state index is -4.44. The maximum absolute atomic E-state index is 12.7. The van der Waals surface area contributed by atoms with Gasteiger partial charge in [-0.2, -0.15) is 13.2 Å². The van der Waals surface area contributed by atoms with Crippen molar-refractivity contribution in [3.8, 4) is 0 Å². The highest BCUT2D eigenvalue weighted by molar-refractivity contribution is 6.04. The van der Waals surface area contributed by atoms with Crippen molar-refractivity contribution in [2.24, 2.45) is 5.92 Å². The molecule has 4 rings (SSSR count). The molecule has 8 nitrogen and oxygen atoms in total. The number of hydrogen-bond donors (Lipinski definition) is 2. The van der Waals surface area contributed by atoms with Crippen LogP contribution in [0.1, 0.15) is 41.6 Å². The number of nitrogens with one attached hydrogen (secondary N) is 2. The van der Waals surface area contributed by atoms with Crippen LogP contribution >= 0.6 is 0 Å². The summed E-state index contributed by atoms with van der Waals surface area (Å²) in [5.74, 6) is -1.36. The molecule has 1 aliphatic carbocycles. The Morgan fingerprint density at radius 1 is 1.03 bits per heavy atom. The lowest BCUT2D eigenvalue weighted by molar-refractivity contribution is -0.152. The van der Waals surface area contributed by atoms with Gasteiger partial charge in [-0.3, -0.25) is 14.4 Å². The fourth-order valence-corrected chi connectivity index (χ4v) is 3.81. The van der Waals surface area contributed by atoms with Gasteiger partial charge in [0.25, 0.3) is 11.8 Å². The maximum atomic E-state index is 12.7. The monoisotopic (exact) mass is 490 g/mol. The number of alkyl halides is 3. The molecule has 186 valence electrons. The minimum Gasteiger partial charge on any atom is -0.455 e. The Bertz CT molecular complexity index is 1080. The Balaban J connectivity index is 1.23. The number of benzene rings is 1. The van der Waals surface area contributed by atoms with E-state index < -0.39 is 36.1 Å². The lowest BCUT2D eigenvalue weighted by Crippen LogP contribution is -2.38. The molecule has 11 heteroatoms. The minimum absolute atomic E-state index is 0.175. The predicted octanol–water partition coefficient (Wildman–Crippen LogP) is 3.39. The number of piperidine rings is 1. The predicted molar refractivity (Wildman–Crippen MR) is 121 cm³/mol. The summed E-state index contributed by atoms with van der Waals surface area (Å²) in [6.07, 6.45) is -0.922. The number of ether oxygens (including phenoxy) is 1. The van der Waals surface area contributed by atoms with E-state index in [1.807, 2.05) is 0 Å². The van der Waals surface area contributed by atoms with E-state index in [0.29, 0.717) is 43.0 Å². The summed E-state index contributed by atoms with van der Waals surface area (Å²) in [6.45, 7) is 0.361. The molecule has 35 heavy (non-hydrogen) atoms. The van der Waals surface area contributed by atoms with E-state index in [1.165, 1.54) is 6.07 Å². The van der Waals surface area contributed by atoms with Gasteiger partial charge in [-0.15, -0.1) is 0 Å². The molecule has 2 aromatic rings. The number of aromatic nitrogens is 1. The molecule has 2 heterocycles. The molecule has 0 radical (unpaired) electrons. The highest BCUT2D eigenvalue weighted by atomic mass is 19.4. The zero-order chi connectivity index (χ0) is 25.0. The van der Waals surface area contributed by atoms with E-state index in [2.05, 4.69) is 15.6 Å². The third kappa shape index (κ3) is 6.49. The lowest BCUT2D eigenvalue weighted by atomic mass is 9.97. The quantitative estimate of drug-likeness (QED) is 0.577. The van der Waals surface area contributed by atoms with Gasteiger partial charge in [0.1, 0.15) is 5.82 Å². The van der Waals surface area contributed by atoms with Gasteiger partial charge in [0.15, 0.2) is 6.61 Å². The Labute approximate surface area is 199 Å². The average molecular weight is 490 g/mol. The number of nitrogens with zero attached hydrogens (tertiary/aromatic N) is 2. The maximum Gasteiger partial charge on any atom is 0.417 e. The van der Waals surface area contributed by atoms with Crippen molar-refractivity contribution >= 4 is 29.3 Å². The van der Waals surface area contributed by atoms with E-state index in [9.17, 15) is 27.6 Å². The first kappa shape index (κ1) is 24.5. The van der Waals surface area contributed by atoms with Crippen LogP contribution < -0.4 is 15.5 Å². The van der Waals surface area contributed by atoms with Crippen LogP contribution in [-0.4, -0.2) is 48.5 Å². The number of amides is 2. The molecule has 1 aromatic heterocycles. The molecule has 2 fully saturated rings. The van der Waals surface area contributed by atoms with Crippen LogP contribution in [0.25, 0.3) is 0 Å². The molecular weight excluding hydrogens is 465 g/mol. The van der Waals surface area contributed by atoms with Crippen molar-refractivity contribution in [1.82, 2.24) is 10.3 Å². The highest BCUT2D eigenvalue weighted by Crippen LogP contribution is 2.30.